The standard InChI is InChI=1S/C18H22N4O3/c1-13-20-18(25-21-13)15-3-2-8-22(10-15)11-16(23)12-24-17-6-4-14(9-19)5-7-17/h4-7,15-16,23H,2-3,8,10-12H2,1H3/t15-,16+/m0/s1. The molecule has 7 nitrogen and oxygen atoms in total. The number of likely N-dealkylation sites (tertiary alicyclic amines) is 1. The fourth-order valence-electron chi connectivity index (χ4n) is 3.07. The van der Waals surface area contributed by atoms with E-state index in [1.54, 1.807) is 24.3 Å². The molecule has 1 fully saturated rings. The molecule has 0 saturated carbocycles. The van der Waals surface area contributed by atoms with E-state index in [-0.39, 0.29) is 12.5 Å². The van der Waals surface area contributed by atoms with Crippen molar-refractivity contribution in [2.24, 2.45) is 0 Å². The van der Waals surface area contributed by atoms with Crippen molar-refractivity contribution < 1.29 is 14.4 Å². The molecular formula is C18H22N4O3. The van der Waals surface area contributed by atoms with Crippen molar-refractivity contribution in [3.8, 4) is 11.8 Å². The number of hydrogen-bond donors (Lipinski definition) is 1. The Labute approximate surface area is 146 Å². The number of hydrogen-bond acceptors (Lipinski definition) is 7. The number of aliphatic hydroxyl groups excluding tert-OH is 1. The lowest BCUT2D eigenvalue weighted by Crippen LogP contribution is -2.41. The van der Waals surface area contributed by atoms with Gasteiger partial charge in [0.2, 0.25) is 5.89 Å². The highest BCUT2D eigenvalue weighted by Gasteiger charge is 2.26. The summed E-state index contributed by atoms with van der Waals surface area (Å²) in [5.74, 6) is 2.21. The summed E-state index contributed by atoms with van der Waals surface area (Å²) in [6.45, 7) is 4.32. The van der Waals surface area contributed by atoms with Crippen LogP contribution in [-0.4, -0.2) is 52.5 Å². The van der Waals surface area contributed by atoms with Crippen molar-refractivity contribution in [2.45, 2.75) is 31.8 Å². The molecule has 2 aromatic rings. The summed E-state index contributed by atoms with van der Waals surface area (Å²) in [5, 5.41) is 22.9. The Hall–Kier alpha value is -2.43. The minimum absolute atomic E-state index is 0.215. The van der Waals surface area contributed by atoms with Crippen LogP contribution in [0.2, 0.25) is 0 Å². The second kappa shape index (κ2) is 8.10. The molecule has 1 aromatic heterocycles. The molecule has 0 spiro atoms. The van der Waals surface area contributed by atoms with Crippen LogP contribution in [-0.2, 0) is 0 Å². The van der Waals surface area contributed by atoms with Gasteiger partial charge in [-0.25, -0.2) is 0 Å². The SMILES string of the molecule is Cc1noc([C@H]2CCCN(C[C@@H](O)COc3ccc(C#N)cc3)C2)n1. The van der Waals surface area contributed by atoms with E-state index in [0.717, 1.165) is 25.9 Å². The molecule has 1 aliphatic heterocycles. The highest BCUT2D eigenvalue weighted by molar-refractivity contribution is 5.34. The van der Waals surface area contributed by atoms with E-state index in [0.29, 0.717) is 29.6 Å². The van der Waals surface area contributed by atoms with Crippen LogP contribution in [0.5, 0.6) is 5.75 Å². The van der Waals surface area contributed by atoms with Crippen LogP contribution < -0.4 is 4.74 Å². The van der Waals surface area contributed by atoms with Crippen LogP contribution in [0.3, 0.4) is 0 Å². The molecule has 0 radical (unpaired) electrons. The predicted molar refractivity (Wildman–Crippen MR) is 90.1 cm³/mol. The van der Waals surface area contributed by atoms with Gasteiger partial charge in [0.15, 0.2) is 5.82 Å². The van der Waals surface area contributed by atoms with Gasteiger partial charge in [-0.1, -0.05) is 5.16 Å². The highest BCUT2D eigenvalue weighted by atomic mass is 16.5. The van der Waals surface area contributed by atoms with Crippen LogP contribution in [0, 0.1) is 18.3 Å². The van der Waals surface area contributed by atoms with Crippen molar-refractivity contribution in [1.82, 2.24) is 15.0 Å². The molecule has 2 atom stereocenters. The molecule has 0 aliphatic carbocycles. The number of β-amino-alcohol motifs (C(OH)–C–C–N with tert-alkyl or cyclic N) is 1. The Morgan fingerprint density at radius 2 is 2.24 bits per heavy atom. The minimum Gasteiger partial charge on any atom is -0.491 e. The Morgan fingerprint density at radius 3 is 2.92 bits per heavy atom. The number of nitriles is 1. The first-order valence-corrected chi connectivity index (χ1v) is 8.47. The van der Waals surface area contributed by atoms with Gasteiger partial charge in [-0.3, -0.25) is 4.90 Å². The van der Waals surface area contributed by atoms with E-state index < -0.39 is 6.10 Å². The topological polar surface area (TPSA) is 95.4 Å². The van der Waals surface area contributed by atoms with Gasteiger partial charge in [0.1, 0.15) is 18.5 Å². The summed E-state index contributed by atoms with van der Waals surface area (Å²) in [4.78, 5) is 6.53. The van der Waals surface area contributed by atoms with Crippen LogP contribution in [0.4, 0.5) is 0 Å². The van der Waals surface area contributed by atoms with Crippen LogP contribution in [0.25, 0.3) is 0 Å². The van der Waals surface area contributed by atoms with Crippen LogP contribution in [0.1, 0.15) is 36.0 Å². The van der Waals surface area contributed by atoms with Gasteiger partial charge < -0.3 is 14.4 Å². The molecule has 0 amide bonds. The minimum atomic E-state index is -0.584. The third-order valence-electron chi connectivity index (χ3n) is 4.29. The Balaban J connectivity index is 1.47. The molecule has 0 unspecified atom stereocenters. The van der Waals surface area contributed by atoms with Gasteiger partial charge in [-0.2, -0.15) is 10.2 Å². The smallest absolute Gasteiger partial charge is 0.231 e. The molecule has 7 heteroatoms. The molecular weight excluding hydrogens is 320 g/mol. The van der Waals surface area contributed by atoms with E-state index in [9.17, 15) is 5.11 Å². The molecule has 3 rings (SSSR count). The Kier molecular flexibility index (Phi) is 5.64. The van der Waals surface area contributed by atoms with Crippen LogP contribution >= 0.6 is 0 Å². The van der Waals surface area contributed by atoms with E-state index in [1.165, 1.54) is 0 Å². The quantitative estimate of drug-likeness (QED) is 0.856. The number of aromatic nitrogens is 2. The monoisotopic (exact) mass is 342 g/mol. The van der Waals surface area contributed by atoms with Crippen molar-refractivity contribution >= 4 is 0 Å². The maximum atomic E-state index is 10.3. The Bertz CT molecular complexity index is 723. The average molecular weight is 342 g/mol. The fourth-order valence-corrected chi connectivity index (χ4v) is 3.07. The molecule has 1 aliphatic rings. The maximum Gasteiger partial charge on any atom is 0.231 e. The van der Waals surface area contributed by atoms with E-state index in [2.05, 4.69) is 21.1 Å². The molecule has 1 aromatic carbocycles. The normalized spacial score (nSPS) is 19.3. The zero-order chi connectivity index (χ0) is 17.6. The Morgan fingerprint density at radius 1 is 1.44 bits per heavy atom. The number of aryl methyl sites for hydroxylation is 1. The average Bonchev–Trinajstić information content (AvgIpc) is 3.07. The molecule has 25 heavy (non-hydrogen) atoms. The highest BCUT2D eigenvalue weighted by Crippen LogP contribution is 2.25. The van der Waals surface area contributed by atoms with Gasteiger partial charge in [-0.15, -0.1) is 0 Å². The molecule has 0 bridgehead atoms. The second-order valence-corrected chi connectivity index (χ2v) is 6.38. The van der Waals surface area contributed by atoms with E-state index in [4.69, 9.17) is 14.5 Å². The lowest BCUT2D eigenvalue weighted by atomic mass is 9.98. The summed E-state index contributed by atoms with van der Waals surface area (Å²) in [6, 6.07) is 8.93. The van der Waals surface area contributed by atoms with Gasteiger partial charge >= 0.3 is 0 Å². The number of rotatable bonds is 6. The molecule has 1 N–H and O–H groups in total. The number of piperidine rings is 1. The molecule has 1 saturated heterocycles. The number of aliphatic hydroxyl groups is 1. The third kappa shape index (κ3) is 4.78. The number of ether oxygens (including phenoxy) is 1. The van der Waals surface area contributed by atoms with Crippen molar-refractivity contribution in [1.29, 1.82) is 5.26 Å². The first kappa shape index (κ1) is 17.4. The van der Waals surface area contributed by atoms with E-state index >= 15 is 0 Å². The lowest BCUT2D eigenvalue weighted by molar-refractivity contribution is 0.0561. The second-order valence-electron chi connectivity index (χ2n) is 6.38. The zero-order valence-electron chi connectivity index (χ0n) is 14.3. The summed E-state index contributed by atoms with van der Waals surface area (Å²) in [6.07, 6.45) is 1.48. The van der Waals surface area contributed by atoms with Gasteiger partial charge in [0, 0.05) is 13.1 Å². The van der Waals surface area contributed by atoms with Gasteiger partial charge in [0.05, 0.1) is 17.6 Å². The summed E-state index contributed by atoms with van der Waals surface area (Å²) >= 11 is 0. The molecule has 2 heterocycles. The summed E-state index contributed by atoms with van der Waals surface area (Å²) < 4.78 is 10.9. The number of benzene rings is 1. The van der Waals surface area contributed by atoms with Gasteiger partial charge in [0.25, 0.3) is 0 Å². The lowest BCUT2D eigenvalue weighted by Gasteiger charge is -2.32. The van der Waals surface area contributed by atoms with Gasteiger partial charge in [-0.05, 0) is 50.6 Å². The zero-order valence-corrected chi connectivity index (χ0v) is 14.3. The van der Waals surface area contributed by atoms with Crippen molar-refractivity contribution in [3.63, 3.8) is 0 Å². The fraction of sp³-hybridized carbons (Fsp3) is 0.500. The largest absolute Gasteiger partial charge is 0.491 e. The number of nitrogens with zero attached hydrogens (tertiary/aromatic N) is 4. The first-order valence-electron chi connectivity index (χ1n) is 8.47. The third-order valence-corrected chi connectivity index (χ3v) is 4.29. The van der Waals surface area contributed by atoms with Crippen molar-refractivity contribution in [2.75, 3.05) is 26.2 Å². The first-order chi connectivity index (χ1) is 12.1. The summed E-state index contributed by atoms with van der Waals surface area (Å²) in [5.41, 5.74) is 0.587. The molecule has 132 valence electrons. The van der Waals surface area contributed by atoms with Crippen molar-refractivity contribution in [3.05, 3.63) is 41.5 Å². The van der Waals surface area contributed by atoms with E-state index in [1.807, 2.05) is 6.92 Å². The maximum absolute atomic E-state index is 10.3. The predicted octanol–water partition coefficient (Wildman–Crippen LogP) is 1.87. The summed E-state index contributed by atoms with van der Waals surface area (Å²) in [7, 11) is 0. The van der Waals surface area contributed by atoms with Crippen LogP contribution in [0.15, 0.2) is 28.8 Å².